The summed E-state index contributed by atoms with van der Waals surface area (Å²) < 4.78 is 4.95. The van der Waals surface area contributed by atoms with Gasteiger partial charge in [0.05, 0.1) is 11.5 Å². The topological polar surface area (TPSA) is 125 Å². The van der Waals surface area contributed by atoms with Crippen LogP contribution in [-0.2, 0) is 4.74 Å². The van der Waals surface area contributed by atoms with Gasteiger partial charge in [0.15, 0.2) is 0 Å². The molecule has 0 atom stereocenters. The van der Waals surface area contributed by atoms with Gasteiger partial charge in [-0.3, -0.25) is 10.1 Å². The van der Waals surface area contributed by atoms with Crippen molar-refractivity contribution < 1.29 is 14.5 Å². The second kappa shape index (κ2) is 7.32. The summed E-state index contributed by atoms with van der Waals surface area (Å²) in [7, 11) is 0. The third-order valence-electron chi connectivity index (χ3n) is 3.48. The van der Waals surface area contributed by atoms with Crippen LogP contribution in [0.15, 0.2) is 23.3 Å². The SMILES string of the molecule is CCOC(=O)N1CCN(c2ccc([N+](=O)[O-])c(N=[N+]=[N-])c2)CC1. The van der Waals surface area contributed by atoms with Crippen LogP contribution in [-0.4, -0.2) is 48.7 Å². The first-order valence-electron chi connectivity index (χ1n) is 7.07. The smallest absolute Gasteiger partial charge is 0.409 e. The van der Waals surface area contributed by atoms with Gasteiger partial charge in [-0.2, -0.15) is 0 Å². The second-order valence-electron chi connectivity index (χ2n) is 4.79. The van der Waals surface area contributed by atoms with Gasteiger partial charge in [-0.05, 0) is 24.6 Å². The van der Waals surface area contributed by atoms with Crippen molar-refractivity contribution in [1.29, 1.82) is 0 Å². The van der Waals surface area contributed by atoms with Crippen LogP contribution in [0.2, 0.25) is 0 Å². The molecule has 23 heavy (non-hydrogen) atoms. The summed E-state index contributed by atoms with van der Waals surface area (Å²) in [5.74, 6) is 0. The number of carbonyl (C=O) groups is 1. The molecule has 10 heteroatoms. The van der Waals surface area contributed by atoms with Gasteiger partial charge in [0.25, 0.3) is 5.69 Å². The molecule has 0 radical (unpaired) electrons. The largest absolute Gasteiger partial charge is 0.450 e. The number of rotatable bonds is 4. The fourth-order valence-corrected chi connectivity index (χ4v) is 2.35. The maximum atomic E-state index is 11.7. The first kappa shape index (κ1) is 16.4. The Morgan fingerprint density at radius 3 is 2.70 bits per heavy atom. The number of carbonyl (C=O) groups excluding carboxylic acids is 1. The van der Waals surface area contributed by atoms with Crippen LogP contribution >= 0.6 is 0 Å². The van der Waals surface area contributed by atoms with Crippen molar-refractivity contribution in [3.8, 4) is 0 Å². The van der Waals surface area contributed by atoms with E-state index in [1.54, 1.807) is 17.9 Å². The average molecular weight is 320 g/mol. The molecule has 122 valence electrons. The van der Waals surface area contributed by atoms with Gasteiger partial charge in [0.2, 0.25) is 0 Å². The van der Waals surface area contributed by atoms with E-state index in [9.17, 15) is 14.9 Å². The van der Waals surface area contributed by atoms with E-state index < -0.39 is 4.92 Å². The summed E-state index contributed by atoms with van der Waals surface area (Å²) in [6, 6.07) is 4.41. The molecular formula is C13H16N6O4. The normalized spacial score (nSPS) is 14.1. The first-order valence-corrected chi connectivity index (χ1v) is 7.07. The van der Waals surface area contributed by atoms with Crippen LogP contribution in [0.3, 0.4) is 0 Å². The van der Waals surface area contributed by atoms with Crippen LogP contribution in [0.5, 0.6) is 0 Å². The molecule has 1 amide bonds. The summed E-state index contributed by atoms with van der Waals surface area (Å²) in [4.78, 5) is 28.2. The molecule has 1 aromatic carbocycles. The van der Waals surface area contributed by atoms with Crippen LogP contribution in [0.1, 0.15) is 6.92 Å². The first-order chi connectivity index (χ1) is 11.1. The number of hydrogen-bond donors (Lipinski definition) is 0. The minimum absolute atomic E-state index is 0.0252. The standard InChI is InChI=1S/C13H16N6O4/c1-2-23-13(20)18-7-5-17(6-8-18)10-3-4-12(19(21)22)11(9-10)15-16-14/h3-4,9H,2,5-8H2,1H3. The highest BCUT2D eigenvalue weighted by Crippen LogP contribution is 2.32. The molecule has 0 N–H and O–H groups in total. The minimum Gasteiger partial charge on any atom is -0.450 e. The summed E-state index contributed by atoms with van der Waals surface area (Å²) in [5, 5.41) is 14.3. The predicted molar refractivity (Wildman–Crippen MR) is 82.7 cm³/mol. The lowest BCUT2D eigenvalue weighted by atomic mass is 10.2. The van der Waals surface area contributed by atoms with E-state index in [4.69, 9.17) is 10.3 Å². The molecule has 2 rings (SSSR count). The van der Waals surface area contributed by atoms with Crippen molar-refractivity contribution in [1.82, 2.24) is 4.90 Å². The third kappa shape index (κ3) is 3.80. The van der Waals surface area contributed by atoms with Gasteiger partial charge in [0, 0.05) is 42.8 Å². The molecule has 0 aliphatic carbocycles. The zero-order chi connectivity index (χ0) is 16.8. The van der Waals surface area contributed by atoms with Crippen LogP contribution < -0.4 is 4.90 Å². The number of ether oxygens (including phenoxy) is 1. The number of azide groups is 1. The molecule has 1 aliphatic heterocycles. The predicted octanol–water partition coefficient (Wildman–Crippen LogP) is 2.82. The van der Waals surface area contributed by atoms with E-state index in [-0.39, 0.29) is 17.5 Å². The Bertz CT molecular complexity index is 650. The van der Waals surface area contributed by atoms with Gasteiger partial charge in [0.1, 0.15) is 5.69 Å². The van der Waals surface area contributed by atoms with Crippen molar-refractivity contribution in [3.63, 3.8) is 0 Å². The summed E-state index contributed by atoms with van der Waals surface area (Å²) >= 11 is 0. The lowest BCUT2D eigenvalue weighted by Crippen LogP contribution is -2.49. The molecule has 0 aromatic heterocycles. The van der Waals surface area contributed by atoms with Gasteiger partial charge in [-0.25, -0.2) is 4.79 Å². The average Bonchev–Trinajstić information content (AvgIpc) is 2.55. The van der Waals surface area contributed by atoms with Crippen molar-refractivity contribution in [3.05, 3.63) is 38.8 Å². The maximum Gasteiger partial charge on any atom is 0.409 e. The van der Waals surface area contributed by atoms with E-state index in [0.717, 1.165) is 0 Å². The Labute approximate surface area is 132 Å². The van der Waals surface area contributed by atoms with Gasteiger partial charge in [-0.15, -0.1) is 0 Å². The fraction of sp³-hybridized carbons (Fsp3) is 0.462. The number of nitrogens with zero attached hydrogens (tertiary/aromatic N) is 6. The number of nitro benzene ring substituents is 1. The molecule has 1 aromatic rings. The molecule has 1 aliphatic rings. The zero-order valence-corrected chi connectivity index (χ0v) is 12.6. The Morgan fingerprint density at radius 1 is 1.43 bits per heavy atom. The molecule has 0 spiro atoms. The molecule has 1 heterocycles. The highest BCUT2D eigenvalue weighted by Gasteiger charge is 2.23. The molecule has 0 saturated carbocycles. The van der Waals surface area contributed by atoms with Crippen molar-refractivity contribution in [2.75, 3.05) is 37.7 Å². The Hall–Kier alpha value is -3.00. The third-order valence-corrected chi connectivity index (χ3v) is 3.48. The lowest BCUT2D eigenvalue weighted by Gasteiger charge is -2.35. The quantitative estimate of drug-likeness (QED) is 0.277. The van der Waals surface area contributed by atoms with Crippen LogP contribution in [0.4, 0.5) is 21.9 Å². The zero-order valence-electron chi connectivity index (χ0n) is 12.6. The molecule has 1 saturated heterocycles. The Morgan fingerprint density at radius 2 is 2.13 bits per heavy atom. The maximum absolute atomic E-state index is 11.7. The summed E-state index contributed by atoms with van der Waals surface area (Å²) in [6.45, 7) is 4.19. The monoisotopic (exact) mass is 320 g/mol. The van der Waals surface area contributed by atoms with Gasteiger partial charge in [-0.1, -0.05) is 5.11 Å². The Balaban J connectivity index is 2.12. The van der Waals surface area contributed by atoms with Gasteiger partial charge < -0.3 is 14.5 Å². The minimum atomic E-state index is -0.591. The number of amides is 1. The highest BCUT2D eigenvalue weighted by atomic mass is 16.6. The lowest BCUT2D eigenvalue weighted by molar-refractivity contribution is -0.384. The van der Waals surface area contributed by atoms with Crippen LogP contribution in [0, 0.1) is 10.1 Å². The number of piperazine rings is 1. The van der Waals surface area contributed by atoms with E-state index in [0.29, 0.717) is 38.5 Å². The van der Waals surface area contributed by atoms with Gasteiger partial charge >= 0.3 is 6.09 Å². The molecule has 1 fully saturated rings. The second-order valence-corrected chi connectivity index (χ2v) is 4.79. The number of anilines is 1. The Kier molecular flexibility index (Phi) is 5.21. The number of benzene rings is 1. The van der Waals surface area contributed by atoms with E-state index >= 15 is 0 Å². The van der Waals surface area contributed by atoms with Crippen molar-refractivity contribution in [2.24, 2.45) is 5.11 Å². The highest BCUT2D eigenvalue weighted by molar-refractivity contribution is 5.69. The van der Waals surface area contributed by atoms with E-state index in [2.05, 4.69) is 10.0 Å². The molecule has 10 nitrogen and oxygen atoms in total. The summed E-state index contributed by atoms with van der Waals surface area (Å²) in [5.41, 5.74) is 8.98. The molecule has 0 unspecified atom stereocenters. The molecule has 0 bridgehead atoms. The summed E-state index contributed by atoms with van der Waals surface area (Å²) in [6.07, 6.45) is -0.342. The van der Waals surface area contributed by atoms with Crippen LogP contribution in [0.25, 0.3) is 10.4 Å². The fourth-order valence-electron chi connectivity index (χ4n) is 2.35. The van der Waals surface area contributed by atoms with Crippen molar-refractivity contribution >= 4 is 23.2 Å². The van der Waals surface area contributed by atoms with Crippen molar-refractivity contribution in [2.45, 2.75) is 6.92 Å². The van der Waals surface area contributed by atoms with E-state index in [1.807, 2.05) is 4.90 Å². The number of hydrogen-bond acceptors (Lipinski definition) is 6. The molecular weight excluding hydrogens is 304 g/mol. The number of nitro groups is 1. The van der Waals surface area contributed by atoms with E-state index in [1.165, 1.54) is 12.1 Å².